The minimum absolute atomic E-state index is 0.00917. The van der Waals surface area contributed by atoms with Gasteiger partial charge in [0.2, 0.25) is 0 Å². The van der Waals surface area contributed by atoms with Crippen LogP contribution in [0.3, 0.4) is 0 Å². The van der Waals surface area contributed by atoms with E-state index in [0.29, 0.717) is 0 Å². The lowest BCUT2D eigenvalue weighted by Gasteiger charge is -2.11. The molecule has 0 radical (unpaired) electrons. The second kappa shape index (κ2) is 6.33. The topological polar surface area (TPSA) is 56.1 Å². The Morgan fingerprint density at radius 2 is 1.50 bits per heavy atom. The van der Waals surface area contributed by atoms with Crippen molar-refractivity contribution < 1.29 is 9.59 Å². The van der Waals surface area contributed by atoms with Crippen LogP contribution in [0.2, 0.25) is 0 Å². The molecule has 1 aromatic heterocycles. The van der Waals surface area contributed by atoms with Crippen LogP contribution in [0.4, 0.5) is 0 Å². The Morgan fingerprint density at radius 1 is 0.944 bits per heavy atom. The average molecular weight is 243 g/mol. The molecule has 92 valence electrons. The molecule has 0 bridgehead atoms. The van der Waals surface area contributed by atoms with Crippen molar-refractivity contribution in [3.63, 3.8) is 0 Å². The molecule has 0 spiro atoms. The lowest BCUT2D eigenvalue weighted by atomic mass is 10.1. The van der Waals surface area contributed by atoms with Crippen molar-refractivity contribution in [3.05, 3.63) is 64.1 Å². The van der Waals surface area contributed by atoms with Gasteiger partial charge in [-0.3, -0.25) is 9.36 Å². The lowest BCUT2D eigenvalue weighted by molar-refractivity contribution is -0.191. The van der Waals surface area contributed by atoms with Crippen molar-refractivity contribution in [2.24, 2.45) is 0 Å². The van der Waals surface area contributed by atoms with Gasteiger partial charge in [-0.25, -0.2) is 0 Å². The van der Waals surface area contributed by atoms with Gasteiger partial charge < -0.3 is 0 Å². The fraction of sp³-hybridized carbons (Fsp3) is 0.143. The van der Waals surface area contributed by atoms with Gasteiger partial charge in [0.1, 0.15) is 0 Å². The summed E-state index contributed by atoms with van der Waals surface area (Å²) in [6.45, 7) is 4.03. The zero-order chi connectivity index (χ0) is 13.5. The third-order valence-corrected chi connectivity index (χ3v) is 2.50. The fourth-order valence-electron chi connectivity index (χ4n) is 1.80. The van der Waals surface area contributed by atoms with E-state index in [0.717, 1.165) is 16.8 Å². The minimum atomic E-state index is 0.00917. The average Bonchev–Trinajstić information content (AvgIpc) is 2.32. The van der Waals surface area contributed by atoms with E-state index < -0.39 is 0 Å². The van der Waals surface area contributed by atoms with Crippen LogP contribution in [0.1, 0.15) is 11.1 Å². The smallest absolute Gasteiger partial charge is 0.284 e. The molecule has 0 N–H and O–H groups in total. The van der Waals surface area contributed by atoms with E-state index in [9.17, 15) is 4.79 Å². The predicted octanol–water partition coefficient (Wildman–Crippen LogP) is 1.87. The third kappa shape index (κ3) is 3.03. The molecule has 0 aliphatic rings. The Morgan fingerprint density at radius 3 is 2.00 bits per heavy atom. The second-order valence-electron chi connectivity index (χ2n) is 3.73. The van der Waals surface area contributed by atoms with Gasteiger partial charge in [0.25, 0.3) is 5.56 Å². The molecule has 1 heterocycles. The number of benzene rings is 1. The number of aryl methyl sites for hydroxylation is 2. The number of rotatable bonds is 1. The maximum atomic E-state index is 11.7. The molecule has 0 atom stereocenters. The molecule has 0 aliphatic carbocycles. The standard InChI is InChI=1S/C13H13NO.CO2/c1-10-6-5-7-11(2)13(10)14-9-4-3-8-12(14)15;2-1-3/h3-9H,1-2H3;. The van der Waals surface area contributed by atoms with Crippen LogP contribution in [0, 0.1) is 13.8 Å². The predicted molar refractivity (Wildman–Crippen MR) is 66.5 cm³/mol. The van der Waals surface area contributed by atoms with Crippen LogP contribution in [0.15, 0.2) is 47.4 Å². The Labute approximate surface area is 105 Å². The first-order valence-electron chi connectivity index (χ1n) is 5.35. The Kier molecular flexibility index (Phi) is 4.78. The van der Waals surface area contributed by atoms with E-state index in [4.69, 9.17) is 9.59 Å². The largest absolute Gasteiger partial charge is 0.373 e. The van der Waals surface area contributed by atoms with E-state index >= 15 is 0 Å². The Balaban J connectivity index is 0.000000492. The number of aromatic nitrogens is 1. The maximum Gasteiger partial charge on any atom is 0.373 e. The number of carbonyl (C=O) groups excluding carboxylic acids is 2. The van der Waals surface area contributed by atoms with Crippen LogP contribution in [0.25, 0.3) is 5.69 Å². The summed E-state index contributed by atoms with van der Waals surface area (Å²) in [5.74, 6) is 0. The highest BCUT2D eigenvalue weighted by Gasteiger charge is 2.04. The van der Waals surface area contributed by atoms with Gasteiger partial charge in [0.15, 0.2) is 0 Å². The zero-order valence-electron chi connectivity index (χ0n) is 10.2. The van der Waals surface area contributed by atoms with E-state index in [2.05, 4.69) is 0 Å². The van der Waals surface area contributed by atoms with E-state index in [1.807, 2.05) is 38.1 Å². The van der Waals surface area contributed by atoms with Crippen molar-refractivity contribution in [1.29, 1.82) is 0 Å². The highest BCUT2D eigenvalue weighted by atomic mass is 16.2. The summed E-state index contributed by atoms with van der Waals surface area (Å²) >= 11 is 0. The number of hydrogen-bond donors (Lipinski definition) is 0. The van der Waals surface area contributed by atoms with Gasteiger partial charge in [-0.15, -0.1) is 0 Å². The first-order chi connectivity index (χ1) is 8.61. The summed E-state index contributed by atoms with van der Waals surface area (Å²) in [6, 6.07) is 11.2. The van der Waals surface area contributed by atoms with Crippen LogP contribution < -0.4 is 5.56 Å². The normalized spacial score (nSPS) is 9.00. The van der Waals surface area contributed by atoms with Crippen molar-refractivity contribution in [1.82, 2.24) is 4.57 Å². The van der Waals surface area contributed by atoms with Crippen LogP contribution in [-0.2, 0) is 9.59 Å². The first-order valence-corrected chi connectivity index (χ1v) is 5.35. The van der Waals surface area contributed by atoms with Gasteiger partial charge >= 0.3 is 6.15 Å². The SMILES string of the molecule is Cc1cccc(C)c1-n1ccccc1=O.O=C=O. The van der Waals surface area contributed by atoms with Gasteiger partial charge in [-0.2, -0.15) is 9.59 Å². The van der Waals surface area contributed by atoms with Crippen LogP contribution in [0.5, 0.6) is 0 Å². The Hall–Kier alpha value is -2.45. The quantitative estimate of drug-likeness (QED) is 0.768. The molecular formula is C14H13NO3. The first kappa shape index (κ1) is 13.6. The van der Waals surface area contributed by atoms with Gasteiger partial charge in [-0.05, 0) is 31.0 Å². The number of para-hydroxylation sites is 1. The minimum Gasteiger partial charge on any atom is -0.284 e. The summed E-state index contributed by atoms with van der Waals surface area (Å²) in [7, 11) is 0. The number of hydrogen-bond acceptors (Lipinski definition) is 3. The van der Waals surface area contributed by atoms with Crippen LogP contribution in [-0.4, -0.2) is 10.7 Å². The molecule has 0 amide bonds. The van der Waals surface area contributed by atoms with E-state index in [1.165, 1.54) is 0 Å². The molecule has 0 saturated heterocycles. The summed E-state index contributed by atoms with van der Waals surface area (Å²) in [4.78, 5) is 27.9. The molecule has 4 heteroatoms. The molecule has 0 fully saturated rings. The summed E-state index contributed by atoms with van der Waals surface area (Å²) in [5.41, 5.74) is 3.23. The molecule has 2 aromatic rings. The van der Waals surface area contributed by atoms with Gasteiger partial charge in [-0.1, -0.05) is 24.3 Å². The fourth-order valence-corrected chi connectivity index (χ4v) is 1.80. The van der Waals surface area contributed by atoms with Gasteiger partial charge in [0.05, 0.1) is 5.69 Å². The molecule has 2 rings (SSSR count). The third-order valence-electron chi connectivity index (χ3n) is 2.50. The molecule has 1 aromatic carbocycles. The van der Waals surface area contributed by atoms with Crippen molar-refractivity contribution in [2.75, 3.05) is 0 Å². The van der Waals surface area contributed by atoms with Crippen molar-refractivity contribution >= 4 is 6.15 Å². The summed E-state index contributed by atoms with van der Waals surface area (Å²) < 4.78 is 1.69. The summed E-state index contributed by atoms with van der Waals surface area (Å²) in [6.07, 6.45) is 2.05. The molecule has 0 unspecified atom stereocenters. The number of nitrogens with zero attached hydrogens (tertiary/aromatic N) is 1. The second-order valence-corrected chi connectivity index (χ2v) is 3.73. The molecule has 4 nitrogen and oxygen atoms in total. The van der Waals surface area contributed by atoms with Crippen LogP contribution >= 0.6 is 0 Å². The maximum absolute atomic E-state index is 11.7. The van der Waals surface area contributed by atoms with Crippen molar-refractivity contribution in [2.45, 2.75) is 13.8 Å². The highest BCUT2D eigenvalue weighted by molar-refractivity contribution is 5.46. The molecular weight excluding hydrogens is 230 g/mol. The summed E-state index contributed by atoms with van der Waals surface area (Å²) in [5, 5.41) is 0. The molecule has 0 aliphatic heterocycles. The van der Waals surface area contributed by atoms with Crippen molar-refractivity contribution in [3.8, 4) is 5.69 Å². The lowest BCUT2D eigenvalue weighted by Crippen LogP contribution is -2.17. The molecule has 0 saturated carbocycles. The van der Waals surface area contributed by atoms with Gasteiger partial charge in [0, 0.05) is 12.3 Å². The van der Waals surface area contributed by atoms with E-state index in [-0.39, 0.29) is 11.7 Å². The van der Waals surface area contributed by atoms with E-state index in [1.54, 1.807) is 22.9 Å². The molecule has 18 heavy (non-hydrogen) atoms. The Bertz CT molecular complexity index is 603. The number of pyridine rings is 1. The highest BCUT2D eigenvalue weighted by Crippen LogP contribution is 2.16. The zero-order valence-corrected chi connectivity index (χ0v) is 10.2. The monoisotopic (exact) mass is 243 g/mol.